The normalized spacial score (nSPS) is 19.7. The third-order valence-corrected chi connectivity index (χ3v) is 2.92. The lowest BCUT2D eigenvalue weighted by molar-refractivity contribution is -0.142. The van der Waals surface area contributed by atoms with Crippen LogP contribution in [-0.4, -0.2) is 85.9 Å². The quantitative estimate of drug-likeness (QED) is 0.659. The van der Waals surface area contributed by atoms with Crippen molar-refractivity contribution < 1.29 is 24.2 Å². The standard InChI is InChI=1S/C12H22N2O5/c1-10-7-14(4-6-19-10)11(15)8-13(3-5-18-2)9-12(16)17/h10H,3-9H2,1-2H3,(H,16,17). The first-order valence-corrected chi connectivity index (χ1v) is 6.35. The van der Waals surface area contributed by atoms with Crippen molar-refractivity contribution in [1.82, 2.24) is 9.80 Å². The molecule has 1 fully saturated rings. The molecule has 1 N–H and O–H groups in total. The van der Waals surface area contributed by atoms with E-state index in [-0.39, 0.29) is 25.1 Å². The van der Waals surface area contributed by atoms with E-state index in [0.29, 0.717) is 32.8 Å². The maximum atomic E-state index is 12.1. The summed E-state index contributed by atoms with van der Waals surface area (Å²) in [7, 11) is 1.55. The largest absolute Gasteiger partial charge is 0.480 e. The fourth-order valence-corrected chi connectivity index (χ4v) is 1.96. The van der Waals surface area contributed by atoms with Gasteiger partial charge in [-0.1, -0.05) is 0 Å². The van der Waals surface area contributed by atoms with Gasteiger partial charge in [0.25, 0.3) is 0 Å². The Hall–Kier alpha value is -1.18. The molecule has 1 saturated heterocycles. The van der Waals surface area contributed by atoms with Crippen LogP contribution in [0, 0.1) is 0 Å². The number of carbonyl (C=O) groups excluding carboxylic acids is 1. The molecule has 0 bridgehead atoms. The monoisotopic (exact) mass is 274 g/mol. The minimum absolute atomic E-state index is 0.0320. The van der Waals surface area contributed by atoms with Gasteiger partial charge in [0, 0.05) is 26.7 Å². The molecule has 110 valence electrons. The summed E-state index contributed by atoms with van der Waals surface area (Å²) >= 11 is 0. The number of carbonyl (C=O) groups is 2. The van der Waals surface area contributed by atoms with Crippen LogP contribution in [0.5, 0.6) is 0 Å². The van der Waals surface area contributed by atoms with Crippen molar-refractivity contribution in [3.63, 3.8) is 0 Å². The van der Waals surface area contributed by atoms with Gasteiger partial charge in [0.05, 0.1) is 32.4 Å². The molecule has 1 amide bonds. The van der Waals surface area contributed by atoms with Crippen LogP contribution < -0.4 is 0 Å². The lowest BCUT2D eigenvalue weighted by Crippen LogP contribution is -2.49. The molecule has 7 nitrogen and oxygen atoms in total. The summed E-state index contributed by atoms with van der Waals surface area (Å²) in [5.41, 5.74) is 0. The lowest BCUT2D eigenvalue weighted by atomic mass is 10.3. The molecule has 0 saturated carbocycles. The fourth-order valence-electron chi connectivity index (χ4n) is 1.96. The second-order valence-electron chi connectivity index (χ2n) is 4.62. The first kappa shape index (κ1) is 15.9. The smallest absolute Gasteiger partial charge is 0.317 e. The summed E-state index contributed by atoms with van der Waals surface area (Å²) in [6.07, 6.45) is 0.0320. The van der Waals surface area contributed by atoms with Crippen LogP contribution in [0.1, 0.15) is 6.92 Å². The van der Waals surface area contributed by atoms with Crippen LogP contribution in [0.15, 0.2) is 0 Å². The predicted octanol–water partition coefficient (Wildman–Crippen LogP) is -0.733. The van der Waals surface area contributed by atoms with E-state index in [1.807, 2.05) is 6.92 Å². The Kier molecular flexibility index (Phi) is 6.75. The molecule has 19 heavy (non-hydrogen) atoms. The zero-order valence-electron chi connectivity index (χ0n) is 11.5. The van der Waals surface area contributed by atoms with Crippen LogP contribution in [0.25, 0.3) is 0 Å². The van der Waals surface area contributed by atoms with Gasteiger partial charge in [0.2, 0.25) is 5.91 Å². The zero-order chi connectivity index (χ0) is 14.3. The van der Waals surface area contributed by atoms with E-state index in [2.05, 4.69) is 0 Å². The van der Waals surface area contributed by atoms with E-state index in [9.17, 15) is 9.59 Å². The molecule has 0 aromatic rings. The molecule has 7 heteroatoms. The number of ether oxygens (including phenoxy) is 2. The van der Waals surface area contributed by atoms with Crippen LogP contribution in [-0.2, 0) is 19.1 Å². The summed E-state index contributed by atoms with van der Waals surface area (Å²) in [6, 6.07) is 0. The summed E-state index contributed by atoms with van der Waals surface area (Å²) in [5, 5.41) is 8.82. The second kappa shape index (κ2) is 8.08. The minimum atomic E-state index is -0.945. The average molecular weight is 274 g/mol. The maximum absolute atomic E-state index is 12.1. The van der Waals surface area contributed by atoms with E-state index >= 15 is 0 Å². The topological polar surface area (TPSA) is 79.3 Å². The molecule has 1 atom stereocenters. The van der Waals surface area contributed by atoms with E-state index in [1.54, 1.807) is 16.9 Å². The highest BCUT2D eigenvalue weighted by Crippen LogP contribution is 2.05. The van der Waals surface area contributed by atoms with Crippen LogP contribution >= 0.6 is 0 Å². The van der Waals surface area contributed by atoms with E-state index in [4.69, 9.17) is 14.6 Å². The van der Waals surface area contributed by atoms with Crippen molar-refractivity contribution in [3.8, 4) is 0 Å². The number of methoxy groups -OCH3 is 1. The number of rotatable bonds is 7. The Bertz CT molecular complexity index is 310. The van der Waals surface area contributed by atoms with Gasteiger partial charge in [-0.2, -0.15) is 0 Å². The van der Waals surface area contributed by atoms with Crippen molar-refractivity contribution in [1.29, 1.82) is 0 Å². The van der Waals surface area contributed by atoms with Gasteiger partial charge in [-0.05, 0) is 6.92 Å². The molecule has 1 aliphatic heterocycles. The predicted molar refractivity (Wildman–Crippen MR) is 67.9 cm³/mol. The number of amides is 1. The third-order valence-electron chi connectivity index (χ3n) is 2.92. The SMILES string of the molecule is COCCN(CC(=O)O)CC(=O)N1CCOC(C)C1. The van der Waals surface area contributed by atoms with E-state index < -0.39 is 5.97 Å². The summed E-state index contributed by atoms with van der Waals surface area (Å²) in [4.78, 5) is 26.1. The van der Waals surface area contributed by atoms with Gasteiger partial charge in [-0.25, -0.2) is 0 Å². The van der Waals surface area contributed by atoms with Gasteiger partial charge in [-0.15, -0.1) is 0 Å². The van der Waals surface area contributed by atoms with Gasteiger partial charge in [-0.3, -0.25) is 14.5 Å². The van der Waals surface area contributed by atoms with Crippen LogP contribution in [0.3, 0.4) is 0 Å². The molecule has 0 aliphatic carbocycles. The Balaban J connectivity index is 2.46. The molecule has 1 heterocycles. The number of hydrogen-bond donors (Lipinski definition) is 1. The Labute approximate surface area is 113 Å². The molecule has 0 spiro atoms. The van der Waals surface area contributed by atoms with Crippen LogP contribution in [0.2, 0.25) is 0 Å². The molecule has 0 aromatic carbocycles. The van der Waals surface area contributed by atoms with E-state index in [0.717, 1.165) is 0 Å². The number of carboxylic acids is 1. The zero-order valence-corrected chi connectivity index (χ0v) is 11.5. The molecular weight excluding hydrogens is 252 g/mol. The number of hydrogen-bond acceptors (Lipinski definition) is 5. The number of morpholine rings is 1. The van der Waals surface area contributed by atoms with Crippen molar-refractivity contribution in [3.05, 3.63) is 0 Å². The van der Waals surface area contributed by atoms with Gasteiger partial charge in [0.15, 0.2) is 0 Å². The van der Waals surface area contributed by atoms with Crippen molar-refractivity contribution in [2.24, 2.45) is 0 Å². The van der Waals surface area contributed by atoms with Crippen LogP contribution in [0.4, 0.5) is 0 Å². The minimum Gasteiger partial charge on any atom is -0.480 e. The third kappa shape index (κ3) is 6.00. The highest BCUT2D eigenvalue weighted by molar-refractivity contribution is 5.79. The first-order chi connectivity index (χ1) is 9.02. The summed E-state index contributed by atoms with van der Waals surface area (Å²) in [6.45, 7) is 4.34. The highest BCUT2D eigenvalue weighted by atomic mass is 16.5. The van der Waals surface area contributed by atoms with Crippen molar-refractivity contribution in [2.45, 2.75) is 13.0 Å². The average Bonchev–Trinajstić information content (AvgIpc) is 2.35. The van der Waals surface area contributed by atoms with Gasteiger partial charge >= 0.3 is 5.97 Å². The molecule has 1 aliphatic rings. The number of aliphatic carboxylic acids is 1. The summed E-state index contributed by atoms with van der Waals surface area (Å²) in [5.74, 6) is -1.01. The molecular formula is C12H22N2O5. The molecule has 1 unspecified atom stereocenters. The van der Waals surface area contributed by atoms with E-state index in [1.165, 1.54) is 0 Å². The van der Waals surface area contributed by atoms with Crippen molar-refractivity contribution in [2.75, 3.05) is 53.0 Å². The van der Waals surface area contributed by atoms with Gasteiger partial charge < -0.3 is 19.5 Å². The maximum Gasteiger partial charge on any atom is 0.317 e. The highest BCUT2D eigenvalue weighted by Gasteiger charge is 2.23. The summed E-state index contributed by atoms with van der Waals surface area (Å²) < 4.78 is 10.3. The first-order valence-electron chi connectivity index (χ1n) is 6.35. The second-order valence-corrected chi connectivity index (χ2v) is 4.62. The number of nitrogens with zero attached hydrogens (tertiary/aromatic N) is 2. The Morgan fingerprint density at radius 1 is 1.47 bits per heavy atom. The molecule has 0 radical (unpaired) electrons. The molecule has 0 aromatic heterocycles. The number of carboxylic acid groups (broad SMARTS) is 1. The van der Waals surface area contributed by atoms with Gasteiger partial charge in [0.1, 0.15) is 0 Å². The molecule has 1 rings (SSSR count). The fraction of sp³-hybridized carbons (Fsp3) is 0.833. The van der Waals surface area contributed by atoms with Crippen molar-refractivity contribution >= 4 is 11.9 Å². The Morgan fingerprint density at radius 3 is 2.79 bits per heavy atom. The lowest BCUT2D eigenvalue weighted by Gasteiger charge is -2.32. The Morgan fingerprint density at radius 2 is 2.21 bits per heavy atom.